The van der Waals surface area contributed by atoms with E-state index < -0.39 is 0 Å². The van der Waals surface area contributed by atoms with Gasteiger partial charge in [-0.3, -0.25) is 9.48 Å². The van der Waals surface area contributed by atoms with Crippen LogP contribution in [0.25, 0.3) is 11.2 Å². The zero-order valence-electron chi connectivity index (χ0n) is 12.7. The molecule has 2 rings (SSSR count). The van der Waals surface area contributed by atoms with Crippen LogP contribution in [0.3, 0.4) is 0 Å². The fraction of sp³-hybridized carbons (Fsp3) is 0.643. The lowest BCUT2D eigenvalue weighted by Gasteiger charge is -2.08. The van der Waals surface area contributed by atoms with Crippen LogP contribution in [0, 0.1) is 0 Å². The Morgan fingerprint density at radius 3 is 2.76 bits per heavy atom. The molecule has 0 unspecified atom stereocenters. The molecule has 0 aromatic carbocycles. The van der Waals surface area contributed by atoms with E-state index in [2.05, 4.69) is 17.0 Å². The summed E-state index contributed by atoms with van der Waals surface area (Å²) in [6.45, 7) is 2.65. The number of rotatable bonds is 7. The Hall–Kier alpha value is -1.56. The van der Waals surface area contributed by atoms with Crippen LogP contribution >= 0.6 is 11.6 Å². The molecule has 7 heteroatoms. The van der Waals surface area contributed by atoms with Crippen LogP contribution < -0.4 is 0 Å². The number of nitrogens with zero attached hydrogens (tertiary/aromatic N) is 4. The zero-order valence-corrected chi connectivity index (χ0v) is 13.5. The van der Waals surface area contributed by atoms with Crippen molar-refractivity contribution in [2.45, 2.75) is 39.2 Å². The van der Waals surface area contributed by atoms with Gasteiger partial charge in [-0.2, -0.15) is 5.10 Å². The topological polar surface area (TPSA) is 61.9 Å². The van der Waals surface area contributed by atoms with Crippen LogP contribution in [0.4, 0.5) is 0 Å². The molecular weight excluding hydrogens is 292 g/mol. The van der Waals surface area contributed by atoms with E-state index in [1.807, 2.05) is 16.3 Å². The second-order valence-corrected chi connectivity index (χ2v) is 5.32. The maximum atomic E-state index is 11.4. The number of esters is 1. The first-order chi connectivity index (χ1) is 10.1. The van der Waals surface area contributed by atoms with Gasteiger partial charge in [-0.15, -0.1) is 11.6 Å². The summed E-state index contributed by atoms with van der Waals surface area (Å²) in [4.78, 5) is 16.1. The molecule has 21 heavy (non-hydrogen) atoms. The number of hydrogen-bond acceptors (Lipinski definition) is 4. The maximum absolute atomic E-state index is 11.4. The SMILES string of the molecule is CCCc1nn(C)c2c1nc(CCCl)n2CCC(=O)OC. The number of hydrogen-bond donors (Lipinski definition) is 0. The number of fused-ring (bicyclic) bond motifs is 1. The van der Waals surface area contributed by atoms with Crippen LogP contribution in [-0.2, 0) is 36.0 Å². The lowest BCUT2D eigenvalue weighted by atomic mass is 10.2. The molecule has 2 aromatic heterocycles. The molecule has 0 aliphatic rings. The molecule has 0 aliphatic heterocycles. The number of carbonyl (C=O) groups excluding carboxylic acids is 1. The van der Waals surface area contributed by atoms with Crippen LogP contribution in [0.15, 0.2) is 0 Å². The standard InChI is InChI=1S/C14H21ClN4O2/c1-4-5-10-13-14(18(2)17-10)19(9-7-12(20)21-3)11(16-13)6-8-15/h4-9H2,1-3H3. The van der Waals surface area contributed by atoms with Gasteiger partial charge in [-0.1, -0.05) is 13.3 Å². The van der Waals surface area contributed by atoms with Crippen molar-refractivity contribution < 1.29 is 9.53 Å². The fourth-order valence-corrected chi connectivity index (χ4v) is 2.68. The first-order valence-electron chi connectivity index (χ1n) is 7.16. The van der Waals surface area contributed by atoms with Crippen molar-refractivity contribution in [3.8, 4) is 0 Å². The molecule has 0 saturated carbocycles. The molecule has 116 valence electrons. The third kappa shape index (κ3) is 3.20. The summed E-state index contributed by atoms with van der Waals surface area (Å²) in [6.07, 6.45) is 2.89. The molecule has 0 bridgehead atoms. The van der Waals surface area contributed by atoms with Crippen molar-refractivity contribution in [2.75, 3.05) is 13.0 Å². The van der Waals surface area contributed by atoms with Gasteiger partial charge in [-0.25, -0.2) is 4.98 Å². The molecule has 2 heterocycles. The lowest BCUT2D eigenvalue weighted by Crippen LogP contribution is -2.12. The Labute approximate surface area is 129 Å². The lowest BCUT2D eigenvalue weighted by molar-refractivity contribution is -0.140. The predicted molar refractivity (Wildman–Crippen MR) is 81.6 cm³/mol. The van der Waals surface area contributed by atoms with Crippen molar-refractivity contribution in [3.05, 3.63) is 11.5 Å². The number of alkyl halides is 1. The second-order valence-electron chi connectivity index (χ2n) is 4.94. The molecule has 0 saturated heterocycles. The molecule has 0 fully saturated rings. The zero-order chi connectivity index (χ0) is 15.4. The van der Waals surface area contributed by atoms with Crippen molar-refractivity contribution in [1.29, 1.82) is 0 Å². The van der Waals surface area contributed by atoms with Gasteiger partial charge in [0.25, 0.3) is 0 Å². The van der Waals surface area contributed by atoms with Crippen molar-refractivity contribution in [2.24, 2.45) is 7.05 Å². The number of imidazole rings is 1. The van der Waals surface area contributed by atoms with Gasteiger partial charge in [0.1, 0.15) is 11.3 Å². The highest BCUT2D eigenvalue weighted by molar-refractivity contribution is 6.17. The van der Waals surface area contributed by atoms with Gasteiger partial charge in [0.05, 0.1) is 19.2 Å². The molecule has 0 radical (unpaired) electrons. The highest BCUT2D eigenvalue weighted by atomic mass is 35.5. The highest BCUT2D eigenvalue weighted by Crippen LogP contribution is 2.21. The first kappa shape index (κ1) is 15.8. The predicted octanol–water partition coefficient (Wildman–Crippen LogP) is 2.07. The summed E-state index contributed by atoms with van der Waals surface area (Å²) in [6, 6.07) is 0. The van der Waals surface area contributed by atoms with E-state index in [9.17, 15) is 4.79 Å². The molecular formula is C14H21ClN4O2. The first-order valence-corrected chi connectivity index (χ1v) is 7.69. The summed E-state index contributed by atoms with van der Waals surface area (Å²) in [5.74, 6) is 1.16. The number of carbonyl (C=O) groups is 1. The van der Waals surface area contributed by atoms with E-state index in [1.165, 1.54) is 7.11 Å². The van der Waals surface area contributed by atoms with Crippen molar-refractivity contribution in [3.63, 3.8) is 0 Å². The number of aromatic nitrogens is 4. The molecule has 6 nitrogen and oxygen atoms in total. The normalized spacial score (nSPS) is 11.2. The summed E-state index contributed by atoms with van der Waals surface area (Å²) in [7, 11) is 3.30. The summed E-state index contributed by atoms with van der Waals surface area (Å²) < 4.78 is 8.58. The van der Waals surface area contributed by atoms with E-state index >= 15 is 0 Å². The number of ether oxygens (including phenoxy) is 1. The second kappa shape index (κ2) is 6.93. The van der Waals surface area contributed by atoms with Gasteiger partial charge in [0.15, 0.2) is 5.65 Å². The summed E-state index contributed by atoms with van der Waals surface area (Å²) >= 11 is 5.87. The molecule has 2 aromatic rings. The monoisotopic (exact) mass is 312 g/mol. The number of halogens is 1. The smallest absolute Gasteiger partial charge is 0.307 e. The minimum atomic E-state index is -0.232. The highest BCUT2D eigenvalue weighted by Gasteiger charge is 2.19. The van der Waals surface area contributed by atoms with Crippen molar-refractivity contribution in [1.82, 2.24) is 19.3 Å². The molecule has 0 N–H and O–H groups in total. The van der Waals surface area contributed by atoms with Gasteiger partial charge in [0, 0.05) is 25.9 Å². The third-order valence-electron chi connectivity index (χ3n) is 3.44. The average molecular weight is 313 g/mol. The van der Waals surface area contributed by atoms with Gasteiger partial charge >= 0.3 is 5.97 Å². The maximum Gasteiger partial charge on any atom is 0.307 e. The van der Waals surface area contributed by atoms with E-state index in [0.29, 0.717) is 25.3 Å². The van der Waals surface area contributed by atoms with Crippen LogP contribution in [0.1, 0.15) is 31.3 Å². The fourth-order valence-electron chi connectivity index (χ4n) is 2.51. The largest absolute Gasteiger partial charge is 0.469 e. The average Bonchev–Trinajstić information content (AvgIpc) is 2.96. The Balaban J connectivity index is 2.43. The van der Waals surface area contributed by atoms with Gasteiger partial charge in [-0.05, 0) is 6.42 Å². The quantitative estimate of drug-likeness (QED) is 0.580. The van der Waals surface area contributed by atoms with Crippen LogP contribution in [0.2, 0.25) is 0 Å². The van der Waals surface area contributed by atoms with E-state index in [4.69, 9.17) is 16.3 Å². The van der Waals surface area contributed by atoms with Crippen LogP contribution in [0.5, 0.6) is 0 Å². The Bertz CT molecular complexity index is 632. The summed E-state index contributed by atoms with van der Waals surface area (Å²) in [5, 5.41) is 4.53. The molecule has 0 atom stereocenters. The van der Waals surface area contributed by atoms with E-state index in [-0.39, 0.29) is 5.97 Å². The Morgan fingerprint density at radius 2 is 2.14 bits per heavy atom. The third-order valence-corrected chi connectivity index (χ3v) is 3.63. The number of aryl methyl sites for hydroxylation is 4. The van der Waals surface area contributed by atoms with E-state index in [0.717, 1.165) is 35.5 Å². The van der Waals surface area contributed by atoms with Crippen molar-refractivity contribution >= 4 is 28.7 Å². The Kier molecular flexibility index (Phi) is 5.22. The number of methoxy groups -OCH3 is 1. The molecule has 0 aliphatic carbocycles. The van der Waals surface area contributed by atoms with E-state index in [1.54, 1.807) is 0 Å². The van der Waals surface area contributed by atoms with Gasteiger partial charge in [0.2, 0.25) is 0 Å². The Morgan fingerprint density at radius 1 is 1.38 bits per heavy atom. The minimum Gasteiger partial charge on any atom is -0.469 e. The van der Waals surface area contributed by atoms with Gasteiger partial charge < -0.3 is 9.30 Å². The molecule has 0 spiro atoms. The minimum absolute atomic E-state index is 0.232. The summed E-state index contributed by atoms with van der Waals surface area (Å²) in [5.41, 5.74) is 2.87. The van der Waals surface area contributed by atoms with Crippen LogP contribution in [-0.4, -0.2) is 38.3 Å². The molecule has 0 amide bonds.